The Balaban J connectivity index is 2.45. The van der Waals surface area contributed by atoms with Crippen molar-refractivity contribution in [3.63, 3.8) is 0 Å². The highest BCUT2D eigenvalue weighted by Crippen LogP contribution is 2.00. The summed E-state index contributed by atoms with van der Waals surface area (Å²) in [5, 5.41) is 7.77. The molecule has 106 valence electrons. The van der Waals surface area contributed by atoms with Gasteiger partial charge in [-0.3, -0.25) is 0 Å². The summed E-state index contributed by atoms with van der Waals surface area (Å²) < 4.78 is 1.60. The van der Waals surface area contributed by atoms with Gasteiger partial charge in [0.2, 0.25) is 5.96 Å². The van der Waals surface area contributed by atoms with Gasteiger partial charge in [-0.1, -0.05) is 26.2 Å². The second-order valence-corrected chi connectivity index (χ2v) is 4.99. The van der Waals surface area contributed by atoms with E-state index in [2.05, 4.69) is 22.3 Å². The molecule has 5 nitrogen and oxygen atoms in total. The summed E-state index contributed by atoms with van der Waals surface area (Å²) in [7, 11) is 0. The van der Waals surface area contributed by atoms with Crippen LogP contribution in [0.4, 0.5) is 0 Å². The van der Waals surface area contributed by atoms with Crippen molar-refractivity contribution >= 4 is 23.3 Å². The highest BCUT2D eigenvalue weighted by molar-refractivity contribution is 7.80. The van der Waals surface area contributed by atoms with Crippen LogP contribution in [0.5, 0.6) is 0 Å². The van der Waals surface area contributed by atoms with Crippen molar-refractivity contribution < 1.29 is 0 Å². The molecule has 0 aliphatic rings. The average molecular weight is 281 g/mol. The van der Waals surface area contributed by atoms with Gasteiger partial charge < -0.3 is 11.1 Å². The molecule has 0 spiro atoms. The third kappa shape index (κ3) is 5.38. The number of rotatable bonds is 5. The Morgan fingerprint density at radius 2 is 2.16 bits per heavy atom. The third-order valence-corrected chi connectivity index (χ3v) is 2.98. The van der Waals surface area contributed by atoms with Gasteiger partial charge in [-0.25, -0.2) is 4.68 Å². The molecule has 3 N–H and O–H groups in total. The number of nitrogens with zero attached hydrogens (tertiary/aromatic N) is 3. The fraction of sp³-hybridized carbons (Fsp3) is 0.615. The van der Waals surface area contributed by atoms with Crippen molar-refractivity contribution in [1.82, 2.24) is 15.1 Å². The lowest BCUT2D eigenvalue weighted by molar-refractivity contribution is 0.655. The summed E-state index contributed by atoms with van der Waals surface area (Å²) >= 11 is 5.14. The van der Waals surface area contributed by atoms with E-state index in [4.69, 9.17) is 18.0 Å². The number of hydrogen-bond donors (Lipinski definition) is 2. The molecule has 0 amide bonds. The zero-order chi connectivity index (χ0) is 14.3. The first-order valence-electron chi connectivity index (χ1n) is 6.70. The Bertz CT molecular complexity index is 450. The number of nitrogens with one attached hydrogen (secondary N) is 1. The van der Waals surface area contributed by atoms with Crippen LogP contribution in [0.15, 0.2) is 11.1 Å². The van der Waals surface area contributed by atoms with E-state index in [1.807, 2.05) is 19.9 Å². The van der Waals surface area contributed by atoms with Gasteiger partial charge in [0.25, 0.3) is 0 Å². The first-order chi connectivity index (χ1) is 9.04. The highest BCUT2D eigenvalue weighted by Gasteiger charge is 2.05. The van der Waals surface area contributed by atoms with Gasteiger partial charge in [-0.2, -0.15) is 10.1 Å². The van der Waals surface area contributed by atoms with Crippen LogP contribution < -0.4 is 11.1 Å². The molecule has 0 aliphatic carbocycles. The predicted octanol–water partition coefficient (Wildman–Crippen LogP) is 2.12. The lowest BCUT2D eigenvalue weighted by Crippen LogP contribution is -2.29. The van der Waals surface area contributed by atoms with Crippen LogP contribution in [0.1, 0.15) is 44.0 Å². The van der Waals surface area contributed by atoms with Gasteiger partial charge in [0.15, 0.2) is 5.11 Å². The van der Waals surface area contributed by atoms with E-state index in [1.165, 1.54) is 19.3 Å². The minimum Gasteiger partial charge on any atom is -0.368 e. The van der Waals surface area contributed by atoms with Gasteiger partial charge in [0, 0.05) is 12.2 Å². The molecule has 0 aliphatic heterocycles. The van der Waals surface area contributed by atoms with Crippen molar-refractivity contribution in [2.45, 2.75) is 46.5 Å². The summed E-state index contributed by atoms with van der Waals surface area (Å²) in [5.74, 6) is 0.302. The van der Waals surface area contributed by atoms with Gasteiger partial charge >= 0.3 is 0 Å². The number of hydrogen-bond acceptors (Lipinski definition) is 2. The van der Waals surface area contributed by atoms with Crippen molar-refractivity contribution in [3.8, 4) is 0 Å². The van der Waals surface area contributed by atoms with Crippen LogP contribution in [-0.4, -0.2) is 27.4 Å². The molecule has 0 saturated heterocycles. The lowest BCUT2D eigenvalue weighted by atomic mass is 10.2. The Morgan fingerprint density at radius 3 is 2.74 bits per heavy atom. The summed E-state index contributed by atoms with van der Waals surface area (Å²) in [5.41, 5.74) is 7.74. The molecule has 0 radical (unpaired) electrons. The van der Waals surface area contributed by atoms with Gasteiger partial charge in [0.05, 0.1) is 5.69 Å². The van der Waals surface area contributed by atoms with Crippen molar-refractivity contribution in [1.29, 1.82) is 0 Å². The molecule has 1 heterocycles. The molecule has 0 atom stereocenters. The number of aryl methyl sites for hydroxylation is 2. The number of aromatic nitrogens is 2. The molecule has 0 fully saturated rings. The van der Waals surface area contributed by atoms with Crippen LogP contribution >= 0.6 is 12.2 Å². The molecule has 6 heteroatoms. The average Bonchev–Trinajstić information content (AvgIpc) is 2.68. The lowest BCUT2D eigenvalue weighted by Gasteiger charge is -2.06. The van der Waals surface area contributed by atoms with E-state index in [9.17, 15) is 0 Å². The van der Waals surface area contributed by atoms with Crippen LogP contribution in [0.3, 0.4) is 0 Å². The molecular formula is C13H23N5S. The standard InChI is InChI=1S/C13H23N5S/c1-4-5-6-7-8-15-13(19)16-12(14)18-11(3)9-10(2)17-18/h9H,4-8H2,1-3H3,(H3,14,15,16,19). The molecule has 0 unspecified atom stereocenters. The Labute approximate surface area is 120 Å². The molecular weight excluding hydrogens is 258 g/mol. The van der Waals surface area contributed by atoms with Crippen LogP contribution in [-0.2, 0) is 0 Å². The topological polar surface area (TPSA) is 68.2 Å². The first kappa shape index (κ1) is 15.6. The minimum absolute atomic E-state index is 0.302. The molecule has 0 saturated carbocycles. The van der Waals surface area contributed by atoms with E-state index in [0.717, 1.165) is 24.4 Å². The second kappa shape index (κ2) is 7.89. The molecule has 1 aromatic rings. The zero-order valence-corrected chi connectivity index (χ0v) is 12.8. The monoisotopic (exact) mass is 281 g/mol. The Morgan fingerprint density at radius 1 is 1.42 bits per heavy atom. The van der Waals surface area contributed by atoms with E-state index in [-0.39, 0.29) is 0 Å². The van der Waals surface area contributed by atoms with E-state index >= 15 is 0 Å². The number of nitrogens with two attached hydrogens (primary N) is 1. The SMILES string of the molecule is CCCCCCNC(=S)N=C(N)n1nc(C)cc1C. The minimum atomic E-state index is 0.302. The molecule has 19 heavy (non-hydrogen) atoms. The van der Waals surface area contributed by atoms with Gasteiger partial charge in [-0.15, -0.1) is 0 Å². The summed E-state index contributed by atoms with van der Waals surface area (Å²) in [6, 6.07) is 1.95. The van der Waals surface area contributed by atoms with Crippen LogP contribution in [0.25, 0.3) is 0 Å². The maximum Gasteiger partial charge on any atom is 0.224 e. The van der Waals surface area contributed by atoms with Gasteiger partial charge in [0.1, 0.15) is 0 Å². The number of thiocarbonyl (C=S) groups is 1. The largest absolute Gasteiger partial charge is 0.368 e. The molecule has 0 bridgehead atoms. The number of aliphatic imine (C=N–C) groups is 1. The fourth-order valence-corrected chi connectivity index (χ4v) is 1.99. The zero-order valence-electron chi connectivity index (χ0n) is 11.9. The van der Waals surface area contributed by atoms with E-state index in [0.29, 0.717) is 11.1 Å². The van der Waals surface area contributed by atoms with Crippen molar-refractivity contribution in [3.05, 3.63) is 17.5 Å². The Kier molecular flexibility index (Phi) is 6.49. The van der Waals surface area contributed by atoms with Crippen molar-refractivity contribution in [2.24, 2.45) is 10.7 Å². The summed E-state index contributed by atoms with van der Waals surface area (Å²) in [6.07, 6.45) is 4.80. The van der Waals surface area contributed by atoms with Crippen LogP contribution in [0.2, 0.25) is 0 Å². The summed E-state index contributed by atoms with van der Waals surface area (Å²) in [6.45, 7) is 6.88. The quantitative estimate of drug-likeness (QED) is 0.375. The molecule has 1 aromatic heterocycles. The van der Waals surface area contributed by atoms with Crippen LogP contribution in [0, 0.1) is 13.8 Å². The third-order valence-electron chi connectivity index (χ3n) is 2.75. The normalized spacial score (nSPS) is 11.6. The maximum atomic E-state index is 5.88. The Hall–Kier alpha value is -1.43. The van der Waals surface area contributed by atoms with E-state index < -0.39 is 0 Å². The van der Waals surface area contributed by atoms with E-state index in [1.54, 1.807) is 4.68 Å². The predicted molar refractivity (Wildman–Crippen MR) is 83.5 cm³/mol. The van der Waals surface area contributed by atoms with Gasteiger partial charge in [-0.05, 0) is 38.6 Å². The summed E-state index contributed by atoms with van der Waals surface area (Å²) in [4.78, 5) is 4.15. The highest BCUT2D eigenvalue weighted by atomic mass is 32.1. The first-order valence-corrected chi connectivity index (χ1v) is 7.11. The maximum absolute atomic E-state index is 5.88. The fourth-order valence-electron chi connectivity index (χ4n) is 1.80. The molecule has 0 aromatic carbocycles. The second-order valence-electron chi connectivity index (χ2n) is 4.60. The molecule has 1 rings (SSSR count). The van der Waals surface area contributed by atoms with Crippen molar-refractivity contribution in [2.75, 3.05) is 6.54 Å². The smallest absolute Gasteiger partial charge is 0.224 e. The number of unbranched alkanes of at least 4 members (excludes halogenated alkanes) is 3.